The Bertz CT molecular complexity index is 593. The molecule has 6 heteroatoms. The third-order valence-electron chi connectivity index (χ3n) is 4.54. The Morgan fingerprint density at radius 3 is 2.83 bits per heavy atom. The topological polar surface area (TPSA) is 55.4 Å². The summed E-state index contributed by atoms with van der Waals surface area (Å²) in [6, 6.07) is 4.10. The molecular formula is C17H21BrFNO3. The van der Waals surface area contributed by atoms with Gasteiger partial charge in [-0.3, -0.25) is 4.79 Å². The number of nitrogens with one attached hydrogen (secondary N) is 1. The molecule has 23 heavy (non-hydrogen) atoms. The Balaban J connectivity index is 1.86. The van der Waals surface area contributed by atoms with Crippen molar-refractivity contribution in [3.05, 3.63) is 34.1 Å². The summed E-state index contributed by atoms with van der Waals surface area (Å²) >= 11 is 3.17. The van der Waals surface area contributed by atoms with Gasteiger partial charge in [-0.15, -0.1) is 0 Å². The molecule has 1 N–H and O–H groups in total. The maximum absolute atomic E-state index is 13.6. The monoisotopic (exact) mass is 385 g/mol. The van der Waals surface area contributed by atoms with E-state index >= 15 is 0 Å². The largest absolute Gasteiger partial charge is 0.452 e. The van der Waals surface area contributed by atoms with Crippen molar-refractivity contribution < 1.29 is 18.7 Å². The molecule has 1 aliphatic carbocycles. The van der Waals surface area contributed by atoms with Crippen molar-refractivity contribution in [2.45, 2.75) is 39.2 Å². The molecule has 2 rings (SSSR count). The van der Waals surface area contributed by atoms with Gasteiger partial charge in [0.15, 0.2) is 6.61 Å². The highest BCUT2D eigenvalue weighted by atomic mass is 79.9. The number of carbonyl (C=O) groups is 2. The lowest BCUT2D eigenvalue weighted by Gasteiger charge is -2.34. The fourth-order valence-corrected chi connectivity index (χ4v) is 3.26. The van der Waals surface area contributed by atoms with Crippen LogP contribution in [0.2, 0.25) is 0 Å². The van der Waals surface area contributed by atoms with Crippen LogP contribution in [-0.4, -0.2) is 24.5 Å². The Morgan fingerprint density at radius 1 is 1.35 bits per heavy atom. The number of esters is 1. The van der Waals surface area contributed by atoms with Gasteiger partial charge in [0.25, 0.3) is 5.91 Å². The van der Waals surface area contributed by atoms with Crippen molar-refractivity contribution >= 4 is 27.8 Å². The second-order valence-electron chi connectivity index (χ2n) is 6.14. The van der Waals surface area contributed by atoms with Crippen LogP contribution in [0.3, 0.4) is 0 Å². The minimum Gasteiger partial charge on any atom is -0.452 e. The van der Waals surface area contributed by atoms with E-state index in [0.717, 1.165) is 12.8 Å². The molecule has 1 fully saturated rings. The standard InChI is InChI=1S/C17H21BrFNO3/c1-10-4-3-5-15(11(10)2)20-16(21)9-23-17(22)13-8-12(18)6-7-14(13)19/h6-8,10-11,15H,3-5,9H2,1-2H3,(H,20,21)/t10-,11+,15-/m0/s1. The van der Waals surface area contributed by atoms with Crippen molar-refractivity contribution in [1.82, 2.24) is 5.32 Å². The first kappa shape index (κ1) is 17.9. The van der Waals surface area contributed by atoms with Crippen molar-refractivity contribution in [1.29, 1.82) is 0 Å². The minimum absolute atomic E-state index is 0.104. The molecule has 1 aromatic rings. The molecule has 1 saturated carbocycles. The number of amides is 1. The van der Waals surface area contributed by atoms with E-state index in [1.54, 1.807) is 0 Å². The molecule has 0 aromatic heterocycles. The van der Waals surface area contributed by atoms with E-state index in [1.807, 2.05) is 0 Å². The van der Waals surface area contributed by atoms with Crippen LogP contribution < -0.4 is 5.32 Å². The molecule has 0 heterocycles. The lowest BCUT2D eigenvalue weighted by Crippen LogP contribution is -2.45. The second kappa shape index (κ2) is 7.90. The van der Waals surface area contributed by atoms with Gasteiger partial charge < -0.3 is 10.1 Å². The molecule has 126 valence electrons. The van der Waals surface area contributed by atoms with Crippen molar-refractivity contribution in [2.24, 2.45) is 11.8 Å². The Morgan fingerprint density at radius 2 is 2.09 bits per heavy atom. The highest BCUT2D eigenvalue weighted by Crippen LogP contribution is 2.29. The highest BCUT2D eigenvalue weighted by molar-refractivity contribution is 9.10. The summed E-state index contributed by atoms with van der Waals surface area (Å²) < 4.78 is 19.1. The normalized spacial score (nSPS) is 24.1. The number of rotatable bonds is 4. The number of hydrogen-bond acceptors (Lipinski definition) is 3. The lowest BCUT2D eigenvalue weighted by atomic mass is 9.78. The predicted octanol–water partition coefficient (Wildman–Crippen LogP) is 3.69. The van der Waals surface area contributed by atoms with Crippen LogP contribution in [0.5, 0.6) is 0 Å². The van der Waals surface area contributed by atoms with Crippen LogP contribution in [0, 0.1) is 17.7 Å². The maximum atomic E-state index is 13.6. The predicted molar refractivity (Wildman–Crippen MR) is 88.5 cm³/mol. The van der Waals surface area contributed by atoms with Crippen LogP contribution in [0.4, 0.5) is 4.39 Å². The van der Waals surface area contributed by atoms with Gasteiger partial charge in [0, 0.05) is 10.5 Å². The molecule has 0 spiro atoms. The summed E-state index contributed by atoms with van der Waals surface area (Å²) in [5.74, 6) is -0.907. The van der Waals surface area contributed by atoms with Crippen LogP contribution in [0.15, 0.2) is 22.7 Å². The van der Waals surface area contributed by atoms with Gasteiger partial charge in [-0.2, -0.15) is 0 Å². The molecule has 1 amide bonds. The fourth-order valence-electron chi connectivity index (χ4n) is 2.90. The Labute approximate surface area is 143 Å². The number of carbonyl (C=O) groups excluding carboxylic acids is 2. The van der Waals surface area contributed by atoms with Gasteiger partial charge in [-0.1, -0.05) is 42.6 Å². The van der Waals surface area contributed by atoms with E-state index < -0.39 is 18.4 Å². The molecule has 0 unspecified atom stereocenters. The molecular weight excluding hydrogens is 365 g/mol. The minimum atomic E-state index is -0.844. The number of hydrogen-bond donors (Lipinski definition) is 1. The van der Waals surface area contributed by atoms with Crippen molar-refractivity contribution in [3.63, 3.8) is 0 Å². The first-order chi connectivity index (χ1) is 10.9. The first-order valence-corrected chi connectivity index (χ1v) is 8.59. The quantitative estimate of drug-likeness (QED) is 0.804. The molecule has 0 aliphatic heterocycles. The molecule has 4 nitrogen and oxygen atoms in total. The van der Waals surface area contributed by atoms with E-state index in [4.69, 9.17) is 4.74 Å². The zero-order valence-electron chi connectivity index (χ0n) is 13.3. The third kappa shape index (κ3) is 4.77. The molecule has 1 aromatic carbocycles. The van der Waals surface area contributed by atoms with E-state index in [2.05, 4.69) is 35.1 Å². The van der Waals surface area contributed by atoms with Gasteiger partial charge in [0.1, 0.15) is 5.82 Å². The number of halogens is 2. The van der Waals surface area contributed by atoms with Crippen LogP contribution in [0.1, 0.15) is 43.5 Å². The van der Waals surface area contributed by atoms with E-state index in [9.17, 15) is 14.0 Å². The molecule has 1 aliphatic rings. The van der Waals surface area contributed by atoms with Crippen LogP contribution in [0.25, 0.3) is 0 Å². The molecule has 3 atom stereocenters. The SMILES string of the molecule is C[C@H]1[C@@H](NC(=O)COC(=O)c2cc(Br)ccc2F)CCC[C@@H]1C. The van der Waals surface area contributed by atoms with Crippen LogP contribution in [-0.2, 0) is 9.53 Å². The highest BCUT2D eigenvalue weighted by Gasteiger charge is 2.28. The summed E-state index contributed by atoms with van der Waals surface area (Å²) in [6.45, 7) is 3.90. The van der Waals surface area contributed by atoms with Crippen molar-refractivity contribution in [3.8, 4) is 0 Å². The summed E-state index contributed by atoms with van der Waals surface area (Å²) in [4.78, 5) is 23.8. The summed E-state index contributed by atoms with van der Waals surface area (Å²) in [5.41, 5.74) is -0.188. The van der Waals surface area contributed by atoms with Gasteiger partial charge in [-0.05, 0) is 36.5 Å². The van der Waals surface area contributed by atoms with E-state index in [-0.39, 0.29) is 17.5 Å². The number of ether oxygens (including phenoxy) is 1. The fraction of sp³-hybridized carbons (Fsp3) is 0.529. The maximum Gasteiger partial charge on any atom is 0.341 e. The molecule has 0 radical (unpaired) electrons. The zero-order valence-corrected chi connectivity index (χ0v) is 14.9. The van der Waals surface area contributed by atoms with E-state index in [0.29, 0.717) is 16.3 Å². The number of benzene rings is 1. The first-order valence-electron chi connectivity index (χ1n) is 7.80. The van der Waals surface area contributed by atoms with Crippen LogP contribution >= 0.6 is 15.9 Å². The van der Waals surface area contributed by atoms with Gasteiger partial charge >= 0.3 is 5.97 Å². The molecule has 0 bridgehead atoms. The summed E-state index contributed by atoms with van der Waals surface area (Å²) in [7, 11) is 0. The lowest BCUT2D eigenvalue weighted by molar-refractivity contribution is -0.125. The smallest absolute Gasteiger partial charge is 0.341 e. The Kier molecular flexibility index (Phi) is 6.16. The third-order valence-corrected chi connectivity index (χ3v) is 5.03. The second-order valence-corrected chi connectivity index (χ2v) is 7.06. The Hall–Kier alpha value is -1.43. The zero-order chi connectivity index (χ0) is 17.0. The van der Waals surface area contributed by atoms with E-state index in [1.165, 1.54) is 24.6 Å². The van der Waals surface area contributed by atoms with Crippen molar-refractivity contribution in [2.75, 3.05) is 6.61 Å². The van der Waals surface area contributed by atoms with Gasteiger partial charge in [-0.25, -0.2) is 9.18 Å². The average molecular weight is 386 g/mol. The van der Waals surface area contributed by atoms with Gasteiger partial charge in [0.2, 0.25) is 0 Å². The summed E-state index contributed by atoms with van der Waals surface area (Å²) in [6.07, 6.45) is 3.19. The summed E-state index contributed by atoms with van der Waals surface area (Å²) in [5, 5.41) is 2.91. The average Bonchev–Trinajstić information content (AvgIpc) is 2.52. The van der Waals surface area contributed by atoms with Gasteiger partial charge in [0.05, 0.1) is 5.56 Å². The molecule has 0 saturated heterocycles.